The first kappa shape index (κ1) is 19.7. The summed E-state index contributed by atoms with van der Waals surface area (Å²) in [6.45, 7) is 3.44. The lowest BCUT2D eigenvalue weighted by molar-refractivity contribution is 0.0533. The number of rotatable bonds is 6. The number of thiocarbonyl (C=S) groups is 1. The molecule has 0 amide bonds. The average Bonchev–Trinajstić information content (AvgIpc) is 3.31. The summed E-state index contributed by atoms with van der Waals surface area (Å²) in [5.74, 6) is -0.723. The second-order valence-electron chi connectivity index (χ2n) is 6.05. The summed E-state index contributed by atoms with van der Waals surface area (Å²) in [6.07, 6.45) is 2.23. The minimum atomic E-state index is -0.416. The molecule has 1 fully saturated rings. The van der Waals surface area contributed by atoms with Gasteiger partial charge in [-0.2, -0.15) is 0 Å². The third-order valence-electron chi connectivity index (χ3n) is 4.08. The van der Waals surface area contributed by atoms with Gasteiger partial charge in [0, 0.05) is 18.0 Å². The van der Waals surface area contributed by atoms with E-state index in [-0.39, 0.29) is 18.5 Å². The normalized spacial score (nSPS) is 16.1. The fourth-order valence-corrected chi connectivity index (χ4v) is 3.97. The molecule has 0 bridgehead atoms. The molecule has 2 heterocycles. The molecule has 27 heavy (non-hydrogen) atoms. The molecule has 3 rings (SSSR count). The SMILES string of the molecule is CCOC(=O)c1sc(-c2ccc(F)cc2)cc1NC(=S)NC[C@H]1CCCO1. The van der Waals surface area contributed by atoms with Crippen molar-refractivity contribution in [3.8, 4) is 10.4 Å². The number of hydrogen-bond donors (Lipinski definition) is 2. The zero-order chi connectivity index (χ0) is 19.2. The molecular formula is C19H21FN2O3S2. The lowest BCUT2D eigenvalue weighted by atomic mass is 10.2. The number of halogens is 1. The summed E-state index contributed by atoms with van der Waals surface area (Å²) in [7, 11) is 0. The maximum Gasteiger partial charge on any atom is 0.350 e. The summed E-state index contributed by atoms with van der Waals surface area (Å²) in [5, 5.41) is 6.62. The molecule has 0 saturated carbocycles. The van der Waals surface area contributed by atoms with E-state index in [1.54, 1.807) is 19.1 Å². The number of carbonyl (C=O) groups is 1. The third kappa shape index (κ3) is 5.24. The van der Waals surface area contributed by atoms with Gasteiger partial charge >= 0.3 is 5.97 Å². The zero-order valence-corrected chi connectivity index (χ0v) is 16.6. The van der Waals surface area contributed by atoms with Crippen LogP contribution in [0.3, 0.4) is 0 Å². The van der Waals surface area contributed by atoms with Gasteiger partial charge in [-0.25, -0.2) is 9.18 Å². The van der Waals surface area contributed by atoms with Gasteiger partial charge in [0.15, 0.2) is 5.11 Å². The zero-order valence-electron chi connectivity index (χ0n) is 14.9. The average molecular weight is 409 g/mol. The fraction of sp³-hybridized carbons (Fsp3) is 0.368. The Labute approximate surface area is 166 Å². The van der Waals surface area contributed by atoms with Crippen LogP contribution >= 0.6 is 23.6 Å². The number of nitrogens with one attached hydrogen (secondary N) is 2. The molecule has 0 spiro atoms. The van der Waals surface area contributed by atoms with Crippen molar-refractivity contribution < 1.29 is 18.7 Å². The minimum absolute atomic E-state index is 0.159. The summed E-state index contributed by atoms with van der Waals surface area (Å²) in [4.78, 5) is 13.6. The van der Waals surface area contributed by atoms with Crippen molar-refractivity contribution in [2.45, 2.75) is 25.9 Å². The second-order valence-corrected chi connectivity index (χ2v) is 7.51. The van der Waals surface area contributed by atoms with Gasteiger partial charge in [0.05, 0.1) is 18.4 Å². The van der Waals surface area contributed by atoms with Crippen molar-refractivity contribution in [1.29, 1.82) is 0 Å². The summed E-state index contributed by atoms with van der Waals surface area (Å²) >= 11 is 6.63. The van der Waals surface area contributed by atoms with Crippen LogP contribution < -0.4 is 10.6 Å². The Morgan fingerprint density at radius 3 is 2.85 bits per heavy atom. The van der Waals surface area contributed by atoms with E-state index in [1.165, 1.54) is 23.5 Å². The smallest absolute Gasteiger partial charge is 0.350 e. The standard InChI is InChI=1S/C19H21FN2O3S2/c1-2-24-18(23)17-15(22-19(26)21-11-14-4-3-9-25-14)10-16(27-17)12-5-7-13(20)8-6-12/h5-8,10,14H,2-4,9,11H2,1H3,(H2,21,22,26)/t14-/m1/s1. The van der Waals surface area contributed by atoms with Crippen LogP contribution in [0.4, 0.5) is 10.1 Å². The van der Waals surface area contributed by atoms with Crippen LogP contribution in [-0.4, -0.2) is 36.9 Å². The van der Waals surface area contributed by atoms with E-state index in [9.17, 15) is 9.18 Å². The molecule has 2 aromatic rings. The summed E-state index contributed by atoms with van der Waals surface area (Å²) < 4.78 is 23.9. The molecule has 0 aliphatic carbocycles. The molecule has 1 atom stereocenters. The van der Waals surface area contributed by atoms with E-state index >= 15 is 0 Å². The molecule has 1 aliphatic rings. The number of carbonyl (C=O) groups excluding carboxylic acids is 1. The molecule has 8 heteroatoms. The van der Waals surface area contributed by atoms with E-state index in [0.717, 1.165) is 29.9 Å². The first-order valence-corrected chi connectivity index (χ1v) is 10.0. The van der Waals surface area contributed by atoms with E-state index in [2.05, 4.69) is 10.6 Å². The maximum absolute atomic E-state index is 13.2. The van der Waals surface area contributed by atoms with E-state index in [1.807, 2.05) is 6.07 Å². The molecule has 2 N–H and O–H groups in total. The first-order valence-electron chi connectivity index (χ1n) is 8.80. The Kier molecular flexibility index (Phi) is 6.76. The van der Waals surface area contributed by atoms with Crippen LogP contribution in [-0.2, 0) is 9.47 Å². The van der Waals surface area contributed by atoms with Crippen LogP contribution in [0, 0.1) is 5.82 Å². The minimum Gasteiger partial charge on any atom is -0.462 e. The van der Waals surface area contributed by atoms with Gasteiger partial charge < -0.3 is 20.1 Å². The van der Waals surface area contributed by atoms with Gasteiger partial charge in [0.25, 0.3) is 0 Å². The van der Waals surface area contributed by atoms with Crippen molar-refractivity contribution in [3.63, 3.8) is 0 Å². The quantitative estimate of drug-likeness (QED) is 0.552. The Bertz CT molecular complexity index is 802. The van der Waals surface area contributed by atoms with Gasteiger partial charge in [-0.3, -0.25) is 0 Å². The van der Waals surface area contributed by atoms with Crippen LogP contribution in [0.5, 0.6) is 0 Å². The lowest BCUT2D eigenvalue weighted by Gasteiger charge is -2.14. The molecule has 1 aromatic heterocycles. The first-order chi connectivity index (χ1) is 13.1. The molecule has 0 radical (unpaired) electrons. The lowest BCUT2D eigenvalue weighted by Crippen LogP contribution is -2.35. The predicted octanol–water partition coefficient (Wildman–Crippen LogP) is 4.20. The largest absolute Gasteiger partial charge is 0.462 e. The highest BCUT2D eigenvalue weighted by Gasteiger charge is 2.20. The molecule has 1 saturated heterocycles. The molecule has 1 aromatic carbocycles. The molecule has 144 valence electrons. The fourth-order valence-electron chi connectivity index (χ4n) is 2.77. The summed E-state index contributed by atoms with van der Waals surface area (Å²) in [5.41, 5.74) is 1.39. The molecular weight excluding hydrogens is 387 g/mol. The molecule has 0 unspecified atom stereocenters. The van der Waals surface area contributed by atoms with E-state index in [0.29, 0.717) is 22.2 Å². The van der Waals surface area contributed by atoms with Crippen LogP contribution in [0.25, 0.3) is 10.4 Å². The van der Waals surface area contributed by atoms with Crippen molar-refractivity contribution in [3.05, 3.63) is 41.0 Å². The number of thiophene rings is 1. The van der Waals surface area contributed by atoms with Crippen LogP contribution in [0.2, 0.25) is 0 Å². The highest BCUT2D eigenvalue weighted by Crippen LogP contribution is 2.35. The van der Waals surface area contributed by atoms with Gasteiger partial charge in [-0.15, -0.1) is 11.3 Å². The summed E-state index contributed by atoms with van der Waals surface area (Å²) in [6, 6.07) is 7.95. The Balaban J connectivity index is 1.75. The van der Waals surface area contributed by atoms with Crippen LogP contribution in [0.15, 0.2) is 30.3 Å². The topological polar surface area (TPSA) is 59.6 Å². The van der Waals surface area contributed by atoms with Gasteiger partial charge in [-0.05, 0) is 55.7 Å². The maximum atomic E-state index is 13.2. The number of hydrogen-bond acceptors (Lipinski definition) is 5. The van der Waals surface area contributed by atoms with Crippen molar-refractivity contribution in [1.82, 2.24) is 5.32 Å². The van der Waals surface area contributed by atoms with Gasteiger partial charge in [0.2, 0.25) is 0 Å². The van der Waals surface area contributed by atoms with Crippen molar-refractivity contribution >= 4 is 40.3 Å². The highest BCUT2D eigenvalue weighted by atomic mass is 32.1. The molecule has 1 aliphatic heterocycles. The Hall–Kier alpha value is -2.03. The second kappa shape index (κ2) is 9.25. The molecule has 5 nitrogen and oxygen atoms in total. The highest BCUT2D eigenvalue weighted by molar-refractivity contribution is 7.80. The Morgan fingerprint density at radius 2 is 2.19 bits per heavy atom. The van der Waals surface area contributed by atoms with Crippen molar-refractivity contribution in [2.75, 3.05) is 25.1 Å². The van der Waals surface area contributed by atoms with Crippen molar-refractivity contribution in [2.24, 2.45) is 0 Å². The van der Waals surface area contributed by atoms with E-state index in [4.69, 9.17) is 21.7 Å². The predicted molar refractivity (Wildman–Crippen MR) is 109 cm³/mol. The number of esters is 1. The monoisotopic (exact) mass is 408 g/mol. The number of ether oxygens (including phenoxy) is 2. The van der Waals surface area contributed by atoms with Crippen LogP contribution in [0.1, 0.15) is 29.4 Å². The number of benzene rings is 1. The van der Waals surface area contributed by atoms with Gasteiger partial charge in [0.1, 0.15) is 10.7 Å². The Morgan fingerprint density at radius 1 is 1.41 bits per heavy atom. The van der Waals surface area contributed by atoms with Gasteiger partial charge in [-0.1, -0.05) is 12.1 Å². The van der Waals surface area contributed by atoms with E-state index < -0.39 is 5.97 Å². The number of anilines is 1. The third-order valence-corrected chi connectivity index (χ3v) is 5.49.